The van der Waals surface area contributed by atoms with Crippen LogP contribution in [0.2, 0.25) is 0 Å². The summed E-state index contributed by atoms with van der Waals surface area (Å²) in [6.45, 7) is 0.0945. The number of hydrogen-bond donors (Lipinski definition) is 2. The molecular formula is C11H12N6O3. The fraction of sp³-hybridized carbons (Fsp3) is 0.182. The third-order valence-electron chi connectivity index (χ3n) is 2.60. The van der Waals surface area contributed by atoms with E-state index in [1.807, 2.05) is 0 Å². The number of carbonyl (C=O) groups excluding carboxylic acids is 1. The van der Waals surface area contributed by atoms with Gasteiger partial charge in [-0.2, -0.15) is 5.10 Å². The summed E-state index contributed by atoms with van der Waals surface area (Å²) in [6.07, 6.45) is 1.39. The van der Waals surface area contributed by atoms with E-state index in [1.54, 1.807) is 12.1 Å². The zero-order chi connectivity index (χ0) is 14.7. The molecule has 2 rings (SSSR count). The molecule has 1 unspecified atom stereocenters. The Hall–Kier alpha value is -2.81. The highest BCUT2D eigenvalue weighted by atomic mass is 16.6. The van der Waals surface area contributed by atoms with E-state index in [2.05, 4.69) is 10.1 Å². The summed E-state index contributed by atoms with van der Waals surface area (Å²) in [6, 6.07) is 5.08. The number of benzene rings is 1. The van der Waals surface area contributed by atoms with Crippen LogP contribution in [-0.4, -0.2) is 31.6 Å². The standard InChI is InChI=1S/C11H12N6O3/c12-9(10(13)18)5-16-6-14-11(15-16)7-2-1-3-8(4-7)17(19)20/h1-4,6,9H,5,12H2,(H2,13,18). The predicted octanol–water partition coefficient (Wildman–Crippen LogP) is -0.334. The largest absolute Gasteiger partial charge is 0.368 e. The molecular weight excluding hydrogens is 264 g/mol. The number of rotatable bonds is 5. The van der Waals surface area contributed by atoms with E-state index >= 15 is 0 Å². The van der Waals surface area contributed by atoms with E-state index in [9.17, 15) is 14.9 Å². The normalized spacial score (nSPS) is 12.1. The monoisotopic (exact) mass is 276 g/mol. The molecule has 104 valence electrons. The van der Waals surface area contributed by atoms with Gasteiger partial charge in [0.05, 0.1) is 11.5 Å². The van der Waals surface area contributed by atoms with Crippen molar-refractivity contribution in [2.75, 3.05) is 0 Å². The third-order valence-corrected chi connectivity index (χ3v) is 2.60. The first-order valence-corrected chi connectivity index (χ1v) is 5.66. The van der Waals surface area contributed by atoms with Gasteiger partial charge in [0.2, 0.25) is 5.91 Å². The van der Waals surface area contributed by atoms with Crippen LogP contribution >= 0.6 is 0 Å². The molecule has 0 saturated carbocycles. The number of carbonyl (C=O) groups is 1. The van der Waals surface area contributed by atoms with Crippen molar-refractivity contribution in [1.29, 1.82) is 0 Å². The molecule has 1 aromatic carbocycles. The average molecular weight is 276 g/mol. The maximum Gasteiger partial charge on any atom is 0.270 e. The molecule has 0 aliphatic heterocycles. The summed E-state index contributed by atoms with van der Waals surface area (Å²) in [7, 11) is 0. The number of non-ortho nitro benzene ring substituents is 1. The number of hydrogen-bond acceptors (Lipinski definition) is 6. The van der Waals surface area contributed by atoms with Crippen LogP contribution in [0, 0.1) is 10.1 Å². The molecule has 20 heavy (non-hydrogen) atoms. The molecule has 2 aromatic rings. The molecule has 0 spiro atoms. The minimum absolute atomic E-state index is 0.0484. The third kappa shape index (κ3) is 2.95. The molecule has 1 atom stereocenters. The molecule has 9 heteroatoms. The lowest BCUT2D eigenvalue weighted by Crippen LogP contribution is -2.39. The van der Waals surface area contributed by atoms with E-state index in [0.29, 0.717) is 11.4 Å². The molecule has 0 aliphatic rings. The molecule has 1 amide bonds. The number of amides is 1. The zero-order valence-corrected chi connectivity index (χ0v) is 10.3. The van der Waals surface area contributed by atoms with Crippen molar-refractivity contribution in [1.82, 2.24) is 14.8 Å². The molecule has 0 bridgehead atoms. The van der Waals surface area contributed by atoms with Crippen LogP contribution in [0.5, 0.6) is 0 Å². The van der Waals surface area contributed by atoms with Crippen LogP contribution < -0.4 is 11.5 Å². The van der Waals surface area contributed by atoms with Gasteiger partial charge in [-0.15, -0.1) is 0 Å². The van der Waals surface area contributed by atoms with Crippen molar-refractivity contribution >= 4 is 11.6 Å². The van der Waals surface area contributed by atoms with Crippen LogP contribution in [0.3, 0.4) is 0 Å². The van der Waals surface area contributed by atoms with Crippen LogP contribution in [-0.2, 0) is 11.3 Å². The maximum atomic E-state index is 10.9. The van der Waals surface area contributed by atoms with Crippen LogP contribution in [0.4, 0.5) is 5.69 Å². The Morgan fingerprint density at radius 3 is 2.90 bits per heavy atom. The van der Waals surface area contributed by atoms with Crippen molar-refractivity contribution in [3.8, 4) is 11.4 Å². The Morgan fingerprint density at radius 2 is 2.25 bits per heavy atom. The highest BCUT2D eigenvalue weighted by Gasteiger charge is 2.13. The van der Waals surface area contributed by atoms with Crippen LogP contribution in [0.15, 0.2) is 30.6 Å². The fourth-order valence-corrected chi connectivity index (χ4v) is 1.56. The quantitative estimate of drug-likeness (QED) is 0.565. The molecule has 1 aromatic heterocycles. The van der Waals surface area contributed by atoms with Crippen molar-refractivity contribution in [2.45, 2.75) is 12.6 Å². The molecule has 9 nitrogen and oxygen atoms in total. The molecule has 1 heterocycles. The van der Waals surface area contributed by atoms with Crippen molar-refractivity contribution in [3.05, 3.63) is 40.7 Å². The van der Waals surface area contributed by atoms with E-state index in [-0.39, 0.29) is 12.2 Å². The molecule has 4 N–H and O–H groups in total. The SMILES string of the molecule is NC(=O)C(N)Cn1cnc(-c2cccc([N+](=O)[O-])c2)n1. The Balaban J connectivity index is 2.22. The highest BCUT2D eigenvalue weighted by molar-refractivity contribution is 5.79. The van der Waals surface area contributed by atoms with E-state index in [1.165, 1.54) is 23.1 Å². The first-order valence-electron chi connectivity index (χ1n) is 5.66. The van der Waals surface area contributed by atoms with Gasteiger partial charge in [-0.3, -0.25) is 19.6 Å². The van der Waals surface area contributed by atoms with Crippen LogP contribution in [0.25, 0.3) is 11.4 Å². The fourth-order valence-electron chi connectivity index (χ4n) is 1.56. The average Bonchev–Trinajstić information content (AvgIpc) is 2.87. The van der Waals surface area contributed by atoms with Gasteiger partial charge in [-0.25, -0.2) is 4.98 Å². The lowest BCUT2D eigenvalue weighted by molar-refractivity contribution is -0.384. The topological polar surface area (TPSA) is 143 Å². The second-order valence-electron chi connectivity index (χ2n) is 4.11. The van der Waals surface area contributed by atoms with Gasteiger partial charge < -0.3 is 11.5 Å². The summed E-state index contributed by atoms with van der Waals surface area (Å²) >= 11 is 0. The Labute approximate surface area is 113 Å². The van der Waals surface area contributed by atoms with Crippen molar-refractivity contribution in [2.24, 2.45) is 11.5 Å². The smallest absolute Gasteiger partial charge is 0.270 e. The number of primary amides is 1. The summed E-state index contributed by atoms with van der Waals surface area (Å²) in [4.78, 5) is 25.1. The van der Waals surface area contributed by atoms with Gasteiger partial charge in [0.15, 0.2) is 5.82 Å². The van der Waals surface area contributed by atoms with Gasteiger partial charge in [0.25, 0.3) is 5.69 Å². The molecule has 0 radical (unpaired) electrons. The van der Waals surface area contributed by atoms with Gasteiger partial charge in [0, 0.05) is 17.7 Å². The number of nitrogens with two attached hydrogens (primary N) is 2. The summed E-state index contributed by atoms with van der Waals surface area (Å²) in [5, 5.41) is 14.8. The van der Waals surface area contributed by atoms with E-state index in [4.69, 9.17) is 11.5 Å². The van der Waals surface area contributed by atoms with E-state index < -0.39 is 16.9 Å². The van der Waals surface area contributed by atoms with Crippen molar-refractivity contribution < 1.29 is 9.72 Å². The Morgan fingerprint density at radius 1 is 1.50 bits per heavy atom. The van der Waals surface area contributed by atoms with Crippen molar-refractivity contribution in [3.63, 3.8) is 0 Å². The summed E-state index contributed by atoms with van der Waals surface area (Å²) in [5.74, 6) is -0.331. The van der Waals surface area contributed by atoms with Crippen LogP contribution in [0.1, 0.15) is 0 Å². The second-order valence-corrected chi connectivity index (χ2v) is 4.11. The lowest BCUT2D eigenvalue weighted by Gasteiger charge is -2.05. The highest BCUT2D eigenvalue weighted by Crippen LogP contribution is 2.20. The number of nitro groups is 1. The second kappa shape index (κ2) is 5.45. The minimum Gasteiger partial charge on any atom is -0.368 e. The Bertz CT molecular complexity index is 653. The number of nitrogens with zero attached hydrogens (tertiary/aromatic N) is 4. The zero-order valence-electron chi connectivity index (χ0n) is 10.3. The maximum absolute atomic E-state index is 10.9. The summed E-state index contributed by atoms with van der Waals surface area (Å²) in [5.41, 5.74) is 11.0. The first kappa shape index (κ1) is 13.6. The number of nitro benzene ring substituents is 1. The van der Waals surface area contributed by atoms with Gasteiger partial charge in [0.1, 0.15) is 12.4 Å². The first-order chi connectivity index (χ1) is 9.47. The Kier molecular flexibility index (Phi) is 3.71. The molecule has 0 saturated heterocycles. The van der Waals surface area contributed by atoms with Gasteiger partial charge in [-0.05, 0) is 0 Å². The number of aromatic nitrogens is 3. The van der Waals surface area contributed by atoms with E-state index in [0.717, 1.165) is 0 Å². The predicted molar refractivity (Wildman–Crippen MR) is 69.3 cm³/mol. The minimum atomic E-state index is -0.866. The van der Waals surface area contributed by atoms with Gasteiger partial charge >= 0.3 is 0 Å². The summed E-state index contributed by atoms with van der Waals surface area (Å²) < 4.78 is 1.36. The lowest BCUT2D eigenvalue weighted by atomic mass is 10.2. The molecule has 0 aliphatic carbocycles. The molecule has 0 fully saturated rings. The van der Waals surface area contributed by atoms with Gasteiger partial charge in [-0.1, -0.05) is 12.1 Å².